The number of hydrazine groups is 2. The van der Waals surface area contributed by atoms with Gasteiger partial charge in [-0.15, -0.1) is 5.53 Å². The molecule has 8 N–H and O–H groups in total. The third-order valence-electron chi connectivity index (χ3n) is 17.3. The summed E-state index contributed by atoms with van der Waals surface area (Å²) in [4.78, 5) is 76.6. The fourth-order valence-corrected chi connectivity index (χ4v) is 17.2. The van der Waals surface area contributed by atoms with Crippen molar-refractivity contribution in [2.75, 3.05) is 62.5 Å². The van der Waals surface area contributed by atoms with Gasteiger partial charge in [-0.1, -0.05) is 67.4 Å². The normalized spacial score (nSPS) is 24.2. The molecule has 37 heteroatoms. The van der Waals surface area contributed by atoms with Crippen LogP contribution in [0.4, 0.5) is 26.1 Å². The lowest BCUT2D eigenvalue weighted by atomic mass is 9.95. The van der Waals surface area contributed by atoms with Crippen molar-refractivity contribution in [3.8, 4) is 11.5 Å². The second kappa shape index (κ2) is 31.8. The van der Waals surface area contributed by atoms with Crippen molar-refractivity contribution in [2.24, 2.45) is 0 Å². The van der Waals surface area contributed by atoms with E-state index in [2.05, 4.69) is 46.2 Å². The van der Waals surface area contributed by atoms with Gasteiger partial charge in [0.05, 0.1) is 68.2 Å². The zero-order valence-electron chi connectivity index (χ0n) is 54.2. The summed E-state index contributed by atoms with van der Waals surface area (Å²) in [5.41, 5.74) is 25.1. The number of hydrogen-bond donors (Lipinski definition) is 6. The number of nitrogen functional groups attached to an aromatic ring is 2. The van der Waals surface area contributed by atoms with Crippen molar-refractivity contribution < 1.29 is 78.8 Å². The number of aromatic nitrogens is 8. The summed E-state index contributed by atoms with van der Waals surface area (Å²) in [6.07, 6.45) is -3.40. The number of alkyl halides is 2. The van der Waals surface area contributed by atoms with Crippen LogP contribution < -0.4 is 42.1 Å². The van der Waals surface area contributed by atoms with Crippen molar-refractivity contribution in [1.82, 2.24) is 60.3 Å². The van der Waals surface area contributed by atoms with E-state index in [0.717, 1.165) is 72.1 Å². The number of imidazole rings is 2. The van der Waals surface area contributed by atoms with Gasteiger partial charge in [-0.25, -0.2) is 48.0 Å². The van der Waals surface area contributed by atoms with Crippen LogP contribution in [0.5, 0.6) is 11.5 Å². The zero-order valence-corrected chi connectivity index (χ0v) is 58.7. The van der Waals surface area contributed by atoms with Crippen LogP contribution in [0, 0.1) is 0 Å². The molecule has 4 aromatic heterocycles. The van der Waals surface area contributed by atoms with E-state index >= 15 is 13.3 Å². The number of amides is 2. The molecule has 4 aromatic carbocycles. The highest BCUT2D eigenvalue weighted by molar-refractivity contribution is 8.54. The van der Waals surface area contributed by atoms with E-state index in [1.54, 1.807) is 36.4 Å². The Morgan fingerprint density at radius 2 is 1.43 bits per heavy atom. The molecule has 5 aliphatic rings. The van der Waals surface area contributed by atoms with Crippen LogP contribution in [-0.2, 0) is 74.9 Å². The predicted molar refractivity (Wildman–Crippen MR) is 372 cm³/mol. The SMILES string of the molecule is CP(O)(=S)OCCCCCCNC(=O)CCCCC(=O)N1Cc2ccccc2C2=C(c3ccccc31)N(CCOc1ccc(C(=O)Oc3ccc(CS[P@@]4(=O)OC[C@H]5O[C@@H](n6cnc7c(N)ncnc76)[C@H](F)[C@@H]5O[PH](=O)OC[C@H]5O[C@@H](n6cnc7c(N)ncnc76)[C@H](F)[C@@H]5O4)cc3)cc1)NN2. The largest absolute Gasteiger partial charge is 0.492 e. The molecule has 0 radical (unpaired) electrons. The van der Waals surface area contributed by atoms with E-state index in [4.69, 9.17) is 64.8 Å². The molecule has 3 fully saturated rings. The average molecular weight is 1490 g/mol. The first-order valence-electron chi connectivity index (χ1n) is 32.5. The van der Waals surface area contributed by atoms with Crippen LogP contribution in [0.15, 0.2) is 122 Å². The number of hydrogen-bond acceptors (Lipinski definition) is 27. The van der Waals surface area contributed by atoms with Crippen LogP contribution in [0.1, 0.15) is 96.4 Å². The van der Waals surface area contributed by atoms with E-state index in [9.17, 15) is 23.8 Å². The van der Waals surface area contributed by atoms with Gasteiger partial charge in [0, 0.05) is 42.9 Å². The summed E-state index contributed by atoms with van der Waals surface area (Å²) in [7, 11) is -3.59. The molecule has 3 saturated heterocycles. The molecule has 8 aromatic rings. The summed E-state index contributed by atoms with van der Waals surface area (Å²) < 4.78 is 118. The second-order valence-electron chi connectivity index (χ2n) is 24.2. The second-order valence-corrected chi connectivity index (χ2v) is 33.1. The molecule has 11 atom stereocenters. The number of fused-ring (bicyclic) bond motifs is 8. The predicted octanol–water partition coefficient (Wildman–Crippen LogP) is 9.03. The molecule has 101 heavy (non-hydrogen) atoms. The van der Waals surface area contributed by atoms with Crippen molar-refractivity contribution in [2.45, 2.75) is 113 Å². The Kier molecular flexibility index (Phi) is 22.5. The van der Waals surface area contributed by atoms with E-state index in [1.807, 2.05) is 58.4 Å². The van der Waals surface area contributed by atoms with Crippen molar-refractivity contribution in [3.05, 3.63) is 150 Å². The topological polar surface area (TPSA) is 370 Å². The van der Waals surface area contributed by atoms with Crippen LogP contribution in [0.2, 0.25) is 0 Å². The molecule has 0 aliphatic carbocycles. The van der Waals surface area contributed by atoms with E-state index in [1.165, 1.54) is 40.6 Å². The number of rotatable bonds is 24. The van der Waals surface area contributed by atoms with E-state index < -0.39 is 89.9 Å². The summed E-state index contributed by atoms with van der Waals surface area (Å²) in [5, 5.41) is 4.92. The molecular weight excluding hydrogens is 1410 g/mol. The third-order valence-corrected chi connectivity index (χ3v) is 22.8. The molecule has 0 bridgehead atoms. The number of benzene rings is 4. The highest BCUT2D eigenvalue weighted by Gasteiger charge is 2.54. The highest BCUT2D eigenvalue weighted by Crippen LogP contribution is 2.65. The number of carbonyl (C=O) groups is 3. The first kappa shape index (κ1) is 71.5. The van der Waals surface area contributed by atoms with Crippen molar-refractivity contribution in [3.63, 3.8) is 0 Å². The monoisotopic (exact) mass is 1490 g/mol. The van der Waals surface area contributed by atoms with Gasteiger partial charge < -0.3 is 64.5 Å². The van der Waals surface area contributed by atoms with Gasteiger partial charge in [0.25, 0.3) is 0 Å². The van der Waals surface area contributed by atoms with Gasteiger partial charge in [-0.3, -0.25) is 37.3 Å². The van der Waals surface area contributed by atoms with E-state index in [0.29, 0.717) is 68.2 Å². The quantitative estimate of drug-likeness (QED) is 0.0142. The average Bonchev–Trinajstić information content (AvgIpc) is 1.63. The standard InChI is InChI=1S/C64H72F2N15O15P3S2/c1-98(86,100)90-28-11-3-2-10-26-69-48(82)16-8-9-17-49(83)78-30-40-12-4-5-13-43(40)52-55(44-14-6-7-15-45(44)78)81(77-76-52)27-29-88-41-24-20-39(21-25-41)64(84)92-42-22-18-38(19-23-42)33-101-99(87)91-32-47-56(50(65)62(94-47)79-36-74-53-58(67)70-34-72-60(53)79)95-97(85)89-31-46-57(96-99)51(66)63(93-46)80-37-75-54-59(68)71-35-73-61(54)80/h4-7,12-15,18-25,34-37,46-47,50-51,56-57,62-63,76-77,97H,2-3,8-11,16-17,26-33H2,1H3,(H,69,82)(H,86,100)(H2,67,70,72)(H2,68,71,73)/t46-,47-,50-,51-,56-,57-,62-,63-,98?,99+/m1/s1. The maximum Gasteiger partial charge on any atom is 0.389 e. The fourth-order valence-electron chi connectivity index (χ4n) is 12.2. The molecule has 0 spiro atoms. The number of esters is 1. The Labute approximate surface area is 586 Å². The number of nitrogens with zero attached hydrogens (tertiary/aromatic N) is 10. The Hall–Kier alpha value is -7.91. The minimum absolute atomic E-state index is 0.0206. The van der Waals surface area contributed by atoms with Gasteiger partial charge in [0.2, 0.25) is 11.8 Å². The Balaban J connectivity index is 0.623. The van der Waals surface area contributed by atoms with Crippen LogP contribution in [0.3, 0.4) is 0 Å². The number of nitrogens with two attached hydrogens (primary N) is 2. The lowest BCUT2D eigenvalue weighted by molar-refractivity contribution is -0.122. The summed E-state index contributed by atoms with van der Waals surface area (Å²) in [6, 6.07) is 28.5. The summed E-state index contributed by atoms with van der Waals surface area (Å²) in [6.45, 7) is -5.14. The molecular formula is C64H72F2N15O15P3S2. The maximum atomic E-state index is 17.0. The Morgan fingerprint density at radius 3 is 2.14 bits per heavy atom. The van der Waals surface area contributed by atoms with Gasteiger partial charge in [0.1, 0.15) is 66.2 Å². The molecule has 30 nitrogen and oxygen atoms in total. The van der Waals surface area contributed by atoms with Crippen molar-refractivity contribution >= 4 is 114 Å². The molecule has 534 valence electrons. The number of para-hydroxylation sites is 1. The number of ether oxygens (including phenoxy) is 4. The smallest absolute Gasteiger partial charge is 0.389 e. The highest BCUT2D eigenvalue weighted by atomic mass is 32.7. The number of nitrogens with one attached hydrogen (secondary N) is 3. The van der Waals surface area contributed by atoms with Crippen molar-refractivity contribution in [1.29, 1.82) is 0 Å². The van der Waals surface area contributed by atoms with Crippen LogP contribution in [-0.4, -0.2) is 150 Å². The van der Waals surface area contributed by atoms with Gasteiger partial charge in [-0.2, -0.15) is 0 Å². The lowest BCUT2D eigenvalue weighted by Gasteiger charge is -2.31. The fraction of sp³-hybridized carbons (Fsp3) is 0.391. The summed E-state index contributed by atoms with van der Waals surface area (Å²) >= 11 is 5.58. The number of carbonyl (C=O) groups excluding carboxylic acids is 3. The minimum Gasteiger partial charge on any atom is -0.492 e. The van der Waals surface area contributed by atoms with Gasteiger partial charge >= 0.3 is 21.0 Å². The van der Waals surface area contributed by atoms with Crippen LogP contribution in [0.25, 0.3) is 33.7 Å². The molecule has 2 amide bonds. The van der Waals surface area contributed by atoms with Crippen LogP contribution >= 0.6 is 32.9 Å². The molecule has 5 aliphatic heterocycles. The molecule has 9 heterocycles. The number of anilines is 3. The third kappa shape index (κ3) is 16.6. The number of unbranched alkanes of at least 4 members (excludes halogenated alkanes) is 4. The number of halogens is 2. The summed E-state index contributed by atoms with van der Waals surface area (Å²) in [5.74, 6) is -0.153. The lowest BCUT2D eigenvalue weighted by Crippen LogP contribution is -2.40. The first-order chi connectivity index (χ1) is 48.8. The zero-order chi connectivity index (χ0) is 70.4. The minimum atomic E-state index is -4.59. The van der Waals surface area contributed by atoms with E-state index in [-0.39, 0.29) is 75.9 Å². The van der Waals surface area contributed by atoms with Gasteiger partial charge in [0.15, 0.2) is 54.2 Å². The molecule has 13 rings (SSSR count). The Morgan fingerprint density at radius 1 is 0.782 bits per heavy atom. The molecule has 2 unspecified atom stereocenters. The first-order valence-corrected chi connectivity index (χ1v) is 40.0. The molecule has 0 saturated carbocycles. The Bertz CT molecular complexity index is 4490. The van der Waals surface area contributed by atoms with Gasteiger partial charge in [-0.05, 0) is 102 Å². The maximum absolute atomic E-state index is 17.0.